The average molecular weight is 225 g/mol. The summed E-state index contributed by atoms with van der Waals surface area (Å²) in [5.41, 5.74) is -0.127. The molecule has 2 aliphatic rings. The topological polar surface area (TPSA) is 38.3 Å². The van der Waals surface area contributed by atoms with Crippen molar-refractivity contribution in [2.24, 2.45) is 11.3 Å². The zero-order chi connectivity index (χ0) is 11.4. The number of nitrogens with one attached hydrogen (secondary N) is 1. The Morgan fingerprint density at radius 3 is 2.50 bits per heavy atom. The molecule has 16 heavy (non-hydrogen) atoms. The number of esters is 1. The van der Waals surface area contributed by atoms with Gasteiger partial charge in [-0.3, -0.25) is 4.79 Å². The maximum atomic E-state index is 12.2. The predicted molar refractivity (Wildman–Crippen MR) is 63.1 cm³/mol. The molecular formula is C13H23NO2. The summed E-state index contributed by atoms with van der Waals surface area (Å²) in [6.07, 6.45) is 6.77. The number of carbonyl (C=O) groups is 1. The van der Waals surface area contributed by atoms with Crippen LogP contribution in [0, 0.1) is 11.3 Å². The molecule has 3 heteroatoms. The minimum Gasteiger partial charge on any atom is -0.466 e. The van der Waals surface area contributed by atoms with E-state index in [2.05, 4.69) is 5.32 Å². The molecule has 0 aromatic heterocycles. The molecule has 1 saturated heterocycles. The third-order valence-electron chi connectivity index (χ3n) is 4.30. The molecule has 92 valence electrons. The third kappa shape index (κ3) is 2.10. The summed E-state index contributed by atoms with van der Waals surface area (Å²) in [4.78, 5) is 12.2. The van der Waals surface area contributed by atoms with Gasteiger partial charge in [0, 0.05) is 0 Å². The van der Waals surface area contributed by atoms with Crippen molar-refractivity contribution in [1.82, 2.24) is 5.32 Å². The van der Waals surface area contributed by atoms with E-state index in [1.165, 1.54) is 12.8 Å². The van der Waals surface area contributed by atoms with Gasteiger partial charge in [0.2, 0.25) is 0 Å². The minimum atomic E-state index is -0.127. The van der Waals surface area contributed by atoms with Gasteiger partial charge in [-0.1, -0.05) is 12.8 Å². The lowest BCUT2D eigenvalue weighted by atomic mass is 9.70. The quantitative estimate of drug-likeness (QED) is 0.748. The summed E-state index contributed by atoms with van der Waals surface area (Å²) in [5, 5.41) is 3.37. The Kier molecular flexibility index (Phi) is 3.85. The van der Waals surface area contributed by atoms with E-state index >= 15 is 0 Å². The fourth-order valence-corrected chi connectivity index (χ4v) is 3.43. The van der Waals surface area contributed by atoms with Gasteiger partial charge in [0.1, 0.15) is 0 Å². The van der Waals surface area contributed by atoms with Gasteiger partial charge < -0.3 is 10.1 Å². The molecule has 1 heterocycles. The molecule has 1 aliphatic carbocycles. The van der Waals surface area contributed by atoms with Crippen LogP contribution in [-0.4, -0.2) is 25.7 Å². The van der Waals surface area contributed by atoms with Crippen LogP contribution >= 0.6 is 0 Å². The zero-order valence-electron chi connectivity index (χ0n) is 10.3. The molecular weight excluding hydrogens is 202 g/mol. The lowest BCUT2D eigenvalue weighted by Crippen LogP contribution is -2.43. The first-order chi connectivity index (χ1) is 7.79. The van der Waals surface area contributed by atoms with Crippen LogP contribution in [0.4, 0.5) is 0 Å². The Hall–Kier alpha value is -0.570. The smallest absolute Gasteiger partial charge is 0.312 e. The number of carbonyl (C=O) groups excluding carboxylic acids is 1. The lowest BCUT2D eigenvalue weighted by molar-refractivity contribution is -0.159. The van der Waals surface area contributed by atoms with Gasteiger partial charge in [0.05, 0.1) is 12.0 Å². The second kappa shape index (κ2) is 5.17. The van der Waals surface area contributed by atoms with Crippen molar-refractivity contribution in [2.45, 2.75) is 45.4 Å². The minimum absolute atomic E-state index is 0.0828. The molecule has 0 atom stereocenters. The lowest BCUT2D eigenvalue weighted by Gasteiger charge is -2.37. The van der Waals surface area contributed by atoms with Crippen molar-refractivity contribution in [2.75, 3.05) is 19.7 Å². The molecule has 1 aliphatic heterocycles. The van der Waals surface area contributed by atoms with Crippen LogP contribution in [0.15, 0.2) is 0 Å². The van der Waals surface area contributed by atoms with Crippen LogP contribution in [0.3, 0.4) is 0 Å². The summed E-state index contributed by atoms with van der Waals surface area (Å²) in [7, 11) is 0. The maximum absolute atomic E-state index is 12.2. The molecule has 0 unspecified atom stereocenters. The first-order valence-electron chi connectivity index (χ1n) is 6.67. The van der Waals surface area contributed by atoms with Crippen LogP contribution in [-0.2, 0) is 9.53 Å². The van der Waals surface area contributed by atoms with E-state index in [0.29, 0.717) is 12.5 Å². The molecule has 0 amide bonds. The van der Waals surface area contributed by atoms with E-state index < -0.39 is 0 Å². The van der Waals surface area contributed by atoms with E-state index in [9.17, 15) is 4.79 Å². The van der Waals surface area contributed by atoms with Crippen LogP contribution in [0.25, 0.3) is 0 Å². The van der Waals surface area contributed by atoms with Crippen molar-refractivity contribution >= 4 is 5.97 Å². The molecule has 0 bridgehead atoms. The number of ether oxygens (including phenoxy) is 1. The van der Waals surface area contributed by atoms with E-state index in [4.69, 9.17) is 4.74 Å². The average Bonchev–Trinajstić information content (AvgIpc) is 2.81. The molecule has 1 saturated carbocycles. The van der Waals surface area contributed by atoms with Gasteiger partial charge in [-0.15, -0.1) is 0 Å². The van der Waals surface area contributed by atoms with Crippen molar-refractivity contribution in [3.63, 3.8) is 0 Å². The Morgan fingerprint density at radius 2 is 1.94 bits per heavy atom. The summed E-state index contributed by atoms with van der Waals surface area (Å²) >= 11 is 0. The second-order valence-corrected chi connectivity index (χ2v) is 5.11. The van der Waals surface area contributed by atoms with Crippen molar-refractivity contribution in [1.29, 1.82) is 0 Å². The highest BCUT2D eigenvalue weighted by Crippen LogP contribution is 2.48. The van der Waals surface area contributed by atoms with Crippen molar-refractivity contribution < 1.29 is 9.53 Å². The molecule has 0 aromatic rings. The van der Waals surface area contributed by atoms with Gasteiger partial charge in [0.15, 0.2) is 0 Å². The van der Waals surface area contributed by atoms with Crippen LogP contribution < -0.4 is 5.32 Å². The van der Waals surface area contributed by atoms with Gasteiger partial charge in [-0.2, -0.15) is 0 Å². The highest BCUT2D eigenvalue weighted by Gasteiger charge is 2.48. The Bertz CT molecular complexity index is 240. The monoisotopic (exact) mass is 225 g/mol. The SMILES string of the molecule is CCOC(=O)C1(C2CCNCC2)CCCC1. The van der Waals surface area contributed by atoms with Crippen LogP contribution in [0.5, 0.6) is 0 Å². The number of hydrogen-bond donors (Lipinski definition) is 1. The van der Waals surface area contributed by atoms with Crippen molar-refractivity contribution in [3.05, 3.63) is 0 Å². The van der Waals surface area contributed by atoms with E-state index in [0.717, 1.165) is 38.8 Å². The van der Waals surface area contributed by atoms with E-state index in [1.54, 1.807) is 0 Å². The fraction of sp³-hybridized carbons (Fsp3) is 0.923. The molecule has 1 N–H and O–H groups in total. The second-order valence-electron chi connectivity index (χ2n) is 5.11. The molecule has 3 nitrogen and oxygen atoms in total. The summed E-state index contributed by atoms with van der Waals surface area (Å²) in [6, 6.07) is 0. The van der Waals surface area contributed by atoms with E-state index in [1.807, 2.05) is 6.92 Å². The molecule has 2 fully saturated rings. The molecule has 0 spiro atoms. The first kappa shape index (κ1) is 11.9. The Labute approximate surface area is 97.9 Å². The first-order valence-corrected chi connectivity index (χ1v) is 6.67. The maximum Gasteiger partial charge on any atom is 0.312 e. The predicted octanol–water partition coefficient (Wildman–Crippen LogP) is 2.11. The third-order valence-corrected chi connectivity index (χ3v) is 4.30. The Balaban J connectivity index is 2.10. The number of hydrogen-bond acceptors (Lipinski definition) is 3. The molecule has 2 rings (SSSR count). The Morgan fingerprint density at radius 1 is 1.31 bits per heavy atom. The normalized spacial score (nSPS) is 25.6. The standard InChI is InChI=1S/C13H23NO2/c1-2-16-12(15)13(7-3-4-8-13)11-5-9-14-10-6-11/h11,14H,2-10H2,1H3. The summed E-state index contributed by atoms with van der Waals surface area (Å²) in [6.45, 7) is 4.55. The summed E-state index contributed by atoms with van der Waals surface area (Å²) < 4.78 is 5.32. The zero-order valence-corrected chi connectivity index (χ0v) is 10.3. The molecule has 0 radical (unpaired) electrons. The molecule has 0 aromatic carbocycles. The van der Waals surface area contributed by atoms with Gasteiger partial charge in [0.25, 0.3) is 0 Å². The van der Waals surface area contributed by atoms with Crippen LogP contribution in [0.1, 0.15) is 45.4 Å². The summed E-state index contributed by atoms with van der Waals surface area (Å²) in [5.74, 6) is 0.634. The van der Waals surface area contributed by atoms with Crippen molar-refractivity contribution in [3.8, 4) is 0 Å². The fourth-order valence-electron chi connectivity index (χ4n) is 3.43. The van der Waals surface area contributed by atoms with Gasteiger partial charge >= 0.3 is 5.97 Å². The van der Waals surface area contributed by atoms with Crippen LogP contribution in [0.2, 0.25) is 0 Å². The van der Waals surface area contributed by atoms with Gasteiger partial charge in [-0.05, 0) is 51.6 Å². The number of rotatable bonds is 3. The highest BCUT2D eigenvalue weighted by molar-refractivity contribution is 5.77. The van der Waals surface area contributed by atoms with Gasteiger partial charge in [-0.25, -0.2) is 0 Å². The largest absolute Gasteiger partial charge is 0.466 e. The van der Waals surface area contributed by atoms with E-state index in [-0.39, 0.29) is 11.4 Å². The highest BCUT2D eigenvalue weighted by atomic mass is 16.5. The number of piperidine rings is 1.